The van der Waals surface area contributed by atoms with Crippen molar-refractivity contribution in [2.75, 3.05) is 5.32 Å². The first-order valence-electron chi connectivity index (χ1n) is 6.06. The van der Waals surface area contributed by atoms with Gasteiger partial charge in [-0.15, -0.1) is 0 Å². The Labute approximate surface area is 136 Å². The molecule has 0 saturated heterocycles. The molecule has 2 N–H and O–H groups in total. The number of halogens is 2. The van der Waals surface area contributed by atoms with E-state index in [4.69, 9.17) is 23.2 Å². The number of nitrogens with zero attached hydrogens (tertiary/aromatic N) is 2. The van der Waals surface area contributed by atoms with Gasteiger partial charge in [-0.25, -0.2) is 5.43 Å². The van der Waals surface area contributed by atoms with Gasteiger partial charge in [0.05, 0.1) is 21.9 Å². The third-order valence-corrected chi connectivity index (χ3v) is 3.31. The summed E-state index contributed by atoms with van der Waals surface area (Å²) in [4.78, 5) is 27.2. The molecule has 8 heteroatoms. The van der Waals surface area contributed by atoms with Gasteiger partial charge in [-0.1, -0.05) is 29.3 Å². The van der Waals surface area contributed by atoms with Crippen LogP contribution in [0.1, 0.15) is 5.56 Å². The molecular weight excluding hydrogens is 327 g/mol. The molecule has 0 unspecified atom stereocenters. The number of amides is 2. The zero-order valence-electron chi connectivity index (χ0n) is 11.1. The van der Waals surface area contributed by atoms with E-state index in [1.165, 1.54) is 12.3 Å². The maximum atomic E-state index is 11.7. The van der Waals surface area contributed by atoms with Crippen LogP contribution >= 0.6 is 23.2 Å². The molecule has 0 aliphatic heterocycles. The van der Waals surface area contributed by atoms with E-state index in [0.29, 0.717) is 0 Å². The Bertz CT molecular complexity index is 720. The number of hydrazone groups is 1. The van der Waals surface area contributed by atoms with Crippen molar-refractivity contribution in [3.63, 3.8) is 0 Å². The third-order valence-electron chi connectivity index (χ3n) is 2.49. The number of hydrogen-bond acceptors (Lipinski definition) is 4. The predicted octanol–water partition coefficient (Wildman–Crippen LogP) is 2.48. The minimum absolute atomic E-state index is 0.158. The Morgan fingerprint density at radius 1 is 1.09 bits per heavy atom. The molecule has 0 atom stereocenters. The SMILES string of the molecule is O=C(NN=Cc1ccncc1)C(=O)Nc1cccc(Cl)c1Cl. The summed E-state index contributed by atoms with van der Waals surface area (Å²) in [6.07, 6.45) is 4.55. The highest BCUT2D eigenvalue weighted by Crippen LogP contribution is 2.29. The summed E-state index contributed by atoms with van der Waals surface area (Å²) in [5, 5.41) is 6.45. The van der Waals surface area contributed by atoms with Crippen LogP contribution in [0.5, 0.6) is 0 Å². The summed E-state index contributed by atoms with van der Waals surface area (Å²) in [6, 6.07) is 8.09. The minimum atomic E-state index is -0.929. The molecule has 1 aromatic carbocycles. The number of nitrogens with one attached hydrogen (secondary N) is 2. The summed E-state index contributed by atoms with van der Waals surface area (Å²) in [5.74, 6) is -1.84. The average molecular weight is 337 g/mol. The van der Waals surface area contributed by atoms with Gasteiger partial charge in [0.2, 0.25) is 0 Å². The lowest BCUT2D eigenvalue weighted by atomic mass is 10.3. The van der Waals surface area contributed by atoms with Crippen molar-refractivity contribution in [1.29, 1.82) is 0 Å². The Hall–Kier alpha value is -2.44. The number of carbonyl (C=O) groups is 2. The van der Waals surface area contributed by atoms with Gasteiger partial charge in [-0.2, -0.15) is 5.10 Å². The van der Waals surface area contributed by atoms with Gasteiger partial charge in [0.25, 0.3) is 0 Å². The van der Waals surface area contributed by atoms with Crippen molar-refractivity contribution in [2.24, 2.45) is 5.10 Å². The number of pyridine rings is 1. The van der Waals surface area contributed by atoms with Crippen LogP contribution in [0, 0.1) is 0 Å². The molecule has 0 bridgehead atoms. The second kappa shape index (κ2) is 7.53. The van der Waals surface area contributed by atoms with Crippen molar-refractivity contribution in [3.05, 3.63) is 58.3 Å². The average Bonchev–Trinajstić information content (AvgIpc) is 2.52. The van der Waals surface area contributed by atoms with E-state index in [1.54, 1.807) is 36.7 Å². The Balaban J connectivity index is 1.94. The van der Waals surface area contributed by atoms with Gasteiger partial charge < -0.3 is 5.32 Å². The second-order valence-electron chi connectivity index (χ2n) is 4.04. The van der Waals surface area contributed by atoms with Gasteiger partial charge in [-0.05, 0) is 29.8 Å². The first-order chi connectivity index (χ1) is 10.6. The molecule has 22 heavy (non-hydrogen) atoms. The highest BCUT2D eigenvalue weighted by Gasteiger charge is 2.15. The van der Waals surface area contributed by atoms with Crippen molar-refractivity contribution in [1.82, 2.24) is 10.4 Å². The lowest BCUT2D eigenvalue weighted by Gasteiger charge is -2.06. The number of carbonyl (C=O) groups excluding carboxylic acids is 2. The fraction of sp³-hybridized carbons (Fsp3) is 0. The maximum Gasteiger partial charge on any atom is 0.329 e. The van der Waals surface area contributed by atoms with Crippen molar-refractivity contribution < 1.29 is 9.59 Å². The smallest absolute Gasteiger partial charge is 0.316 e. The van der Waals surface area contributed by atoms with Gasteiger partial charge in [-0.3, -0.25) is 14.6 Å². The molecule has 1 heterocycles. The van der Waals surface area contributed by atoms with E-state index in [1.807, 2.05) is 0 Å². The quantitative estimate of drug-likeness (QED) is 0.513. The zero-order chi connectivity index (χ0) is 15.9. The molecule has 0 aliphatic carbocycles. The Morgan fingerprint density at radius 3 is 2.55 bits per heavy atom. The number of anilines is 1. The molecule has 0 aliphatic rings. The highest BCUT2D eigenvalue weighted by molar-refractivity contribution is 6.45. The molecule has 0 spiro atoms. The van der Waals surface area contributed by atoms with Crippen LogP contribution in [0.15, 0.2) is 47.8 Å². The van der Waals surface area contributed by atoms with Crippen LogP contribution in [-0.4, -0.2) is 23.0 Å². The molecule has 112 valence electrons. The second-order valence-corrected chi connectivity index (χ2v) is 4.82. The summed E-state index contributed by atoms with van der Waals surface area (Å²) in [5.41, 5.74) is 3.08. The molecular formula is C14H10Cl2N4O2. The first-order valence-corrected chi connectivity index (χ1v) is 6.82. The molecule has 1 aromatic heterocycles. The van der Waals surface area contributed by atoms with E-state index in [9.17, 15) is 9.59 Å². The van der Waals surface area contributed by atoms with Gasteiger partial charge in [0.1, 0.15) is 0 Å². The fourth-order valence-corrected chi connectivity index (χ4v) is 1.79. The molecule has 2 aromatic rings. The standard InChI is InChI=1S/C14H10Cl2N4O2/c15-10-2-1-3-11(12(10)16)19-13(21)14(22)20-18-8-9-4-6-17-7-5-9/h1-8H,(H,19,21)(H,20,22). The molecule has 0 fully saturated rings. The van der Waals surface area contributed by atoms with Crippen molar-refractivity contribution >= 4 is 46.9 Å². The van der Waals surface area contributed by atoms with Crippen LogP contribution < -0.4 is 10.7 Å². The largest absolute Gasteiger partial charge is 0.329 e. The Kier molecular flexibility index (Phi) is 5.46. The maximum absolute atomic E-state index is 11.7. The third kappa shape index (κ3) is 4.28. The van der Waals surface area contributed by atoms with E-state index in [0.717, 1.165) is 5.56 Å². The van der Waals surface area contributed by atoms with E-state index < -0.39 is 11.8 Å². The van der Waals surface area contributed by atoms with Gasteiger partial charge in [0, 0.05) is 12.4 Å². The van der Waals surface area contributed by atoms with Crippen LogP contribution in [0.4, 0.5) is 5.69 Å². The fourth-order valence-electron chi connectivity index (χ4n) is 1.45. The lowest BCUT2D eigenvalue weighted by Crippen LogP contribution is -2.32. The van der Waals surface area contributed by atoms with E-state index in [2.05, 4.69) is 20.8 Å². The first kappa shape index (κ1) is 15.9. The highest BCUT2D eigenvalue weighted by atomic mass is 35.5. The molecule has 0 saturated carbocycles. The van der Waals surface area contributed by atoms with Gasteiger partial charge in [0.15, 0.2) is 0 Å². The molecule has 2 rings (SSSR count). The Morgan fingerprint density at radius 2 is 1.82 bits per heavy atom. The van der Waals surface area contributed by atoms with Crippen molar-refractivity contribution in [2.45, 2.75) is 0 Å². The number of hydrogen-bond donors (Lipinski definition) is 2. The van der Waals surface area contributed by atoms with Crippen LogP contribution in [-0.2, 0) is 9.59 Å². The molecule has 2 amide bonds. The number of rotatable bonds is 3. The summed E-state index contributed by atoms with van der Waals surface area (Å²) in [6.45, 7) is 0. The number of aromatic nitrogens is 1. The van der Waals surface area contributed by atoms with Crippen LogP contribution in [0.2, 0.25) is 10.0 Å². The number of benzene rings is 1. The van der Waals surface area contributed by atoms with E-state index in [-0.39, 0.29) is 15.7 Å². The topological polar surface area (TPSA) is 83.5 Å². The van der Waals surface area contributed by atoms with E-state index >= 15 is 0 Å². The summed E-state index contributed by atoms with van der Waals surface area (Å²) >= 11 is 11.7. The molecule has 6 nitrogen and oxygen atoms in total. The van der Waals surface area contributed by atoms with Crippen LogP contribution in [0.3, 0.4) is 0 Å². The summed E-state index contributed by atoms with van der Waals surface area (Å²) < 4.78 is 0. The monoisotopic (exact) mass is 336 g/mol. The van der Waals surface area contributed by atoms with Crippen molar-refractivity contribution in [3.8, 4) is 0 Å². The molecule has 0 radical (unpaired) electrons. The zero-order valence-corrected chi connectivity index (χ0v) is 12.6. The normalized spacial score (nSPS) is 10.5. The predicted molar refractivity (Wildman–Crippen MR) is 85.1 cm³/mol. The summed E-state index contributed by atoms with van der Waals surface area (Å²) in [7, 11) is 0. The lowest BCUT2D eigenvalue weighted by molar-refractivity contribution is -0.136. The van der Waals surface area contributed by atoms with Gasteiger partial charge >= 0.3 is 11.8 Å². The minimum Gasteiger partial charge on any atom is -0.316 e. The van der Waals surface area contributed by atoms with Crippen LogP contribution in [0.25, 0.3) is 0 Å².